The molecule has 36 heavy (non-hydrogen) atoms. The van der Waals surface area contributed by atoms with Gasteiger partial charge in [0.15, 0.2) is 8.32 Å². The van der Waals surface area contributed by atoms with Crippen LogP contribution in [0.25, 0.3) is 0 Å². The second-order valence-corrected chi connectivity index (χ2v) is 18.4. The number of hydrogen-bond acceptors (Lipinski definition) is 6. The zero-order valence-corrected chi connectivity index (χ0v) is 25.7. The molecular formula is C29H46O4S2Si. The first kappa shape index (κ1) is 31.4. The van der Waals surface area contributed by atoms with Gasteiger partial charge in [-0.1, -0.05) is 95.3 Å². The molecule has 0 heterocycles. The summed E-state index contributed by atoms with van der Waals surface area (Å²) in [6.45, 7) is 16.5. The molecule has 0 unspecified atom stereocenters. The molecule has 0 bridgehead atoms. The lowest BCUT2D eigenvalue weighted by Crippen LogP contribution is -2.50. The maximum atomic E-state index is 11.5. The average Bonchev–Trinajstić information content (AvgIpc) is 2.85. The van der Waals surface area contributed by atoms with Crippen LogP contribution in [0.4, 0.5) is 0 Å². The molecule has 1 N–H and O–H groups in total. The van der Waals surface area contributed by atoms with Gasteiger partial charge in [0.1, 0.15) is 18.3 Å². The molecule has 0 radical (unpaired) electrons. The molecule has 0 aliphatic rings. The Morgan fingerprint density at radius 3 is 1.64 bits per heavy atom. The van der Waals surface area contributed by atoms with Gasteiger partial charge in [0.05, 0.1) is 24.4 Å². The van der Waals surface area contributed by atoms with E-state index >= 15 is 0 Å². The van der Waals surface area contributed by atoms with Crippen LogP contribution < -0.4 is 0 Å². The van der Waals surface area contributed by atoms with Gasteiger partial charge in [0, 0.05) is 0 Å². The molecule has 0 fully saturated rings. The van der Waals surface area contributed by atoms with Crippen molar-refractivity contribution in [3.05, 3.63) is 71.8 Å². The van der Waals surface area contributed by atoms with Crippen LogP contribution in [0, 0.1) is 0 Å². The second-order valence-electron chi connectivity index (χ2n) is 10.4. The number of aliphatic hydroxyl groups excluding tert-OH is 1. The van der Waals surface area contributed by atoms with Crippen molar-refractivity contribution in [1.82, 2.24) is 0 Å². The van der Waals surface area contributed by atoms with Gasteiger partial charge in [-0.05, 0) is 40.8 Å². The summed E-state index contributed by atoms with van der Waals surface area (Å²) in [6.07, 6.45) is -1.63. The smallest absolute Gasteiger partial charge is 0.192 e. The van der Waals surface area contributed by atoms with Gasteiger partial charge >= 0.3 is 0 Å². The molecule has 0 aliphatic carbocycles. The third kappa shape index (κ3) is 10.2. The quantitative estimate of drug-likeness (QED) is 0.174. The summed E-state index contributed by atoms with van der Waals surface area (Å²) in [7, 11) is -2.03. The highest BCUT2D eigenvalue weighted by molar-refractivity contribution is 8.17. The molecule has 0 aliphatic heterocycles. The summed E-state index contributed by atoms with van der Waals surface area (Å²) in [5.41, 5.74) is 2.18. The minimum absolute atomic E-state index is 0.0645. The van der Waals surface area contributed by atoms with Crippen molar-refractivity contribution in [2.45, 2.75) is 88.9 Å². The average molecular weight is 551 g/mol. The zero-order chi connectivity index (χ0) is 26.6. The van der Waals surface area contributed by atoms with E-state index in [-0.39, 0.29) is 22.3 Å². The van der Waals surface area contributed by atoms with Crippen LogP contribution in [-0.4, -0.2) is 54.4 Å². The summed E-state index contributed by atoms with van der Waals surface area (Å²) in [5.74, 6) is 1.93. The van der Waals surface area contributed by atoms with Gasteiger partial charge in [-0.2, -0.15) is 0 Å². The molecule has 2 aromatic rings. The van der Waals surface area contributed by atoms with Crippen molar-refractivity contribution in [3.8, 4) is 0 Å². The first-order valence-electron chi connectivity index (χ1n) is 12.9. The van der Waals surface area contributed by atoms with Crippen LogP contribution in [0.3, 0.4) is 0 Å². The zero-order valence-electron chi connectivity index (χ0n) is 23.1. The molecule has 2 aromatic carbocycles. The van der Waals surface area contributed by atoms with Crippen molar-refractivity contribution < 1.29 is 19.0 Å². The van der Waals surface area contributed by atoms with E-state index in [9.17, 15) is 5.11 Å². The molecule has 7 heteroatoms. The Morgan fingerprint density at radius 1 is 0.778 bits per heavy atom. The highest BCUT2D eigenvalue weighted by Crippen LogP contribution is 2.37. The van der Waals surface area contributed by atoms with E-state index in [2.05, 4.69) is 72.0 Å². The van der Waals surface area contributed by atoms with Crippen LogP contribution in [0.1, 0.15) is 45.7 Å². The topological polar surface area (TPSA) is 47.9 Å². The number of ether oxygens (including phenoxy) is 2. The Morgan fingerprint density at radius 2 is 1.22 bits per heavy atom. The van der Waals surface area contributed by atoms with Crippen molar-refractivity contribution in [3.63, 3.8) is 0 Å². The minimum Gasteiger partial charge on any atom is -0.414 e. The van der Waals surface area contributed by atoms with Gasteiger partial charge in [0.2, 0.25) is 0 Å². The van der Waals surface area contributed by atoms with Gasteiger partial charge < -0.3 is 19.0 Å². The molecule has 0 aromatic heterocycles. The molecule has 202 valence electrons. The van der Waals surface area contributed by atoms with Gasteiger partial charge in [-0.3, -0.25) is 0 Å². The number of hydrogen-bond donors (Lipinski definition) is 1. The Balaban J connectivity index is 2.31. The molecule has 2 rings (SSSR count). The monoisotopic (exact) mass is 550 g/mol. The molecular weight excluding hydrogens is 505 g/mol. The van der Waals surface area contributed by atoms with Crippen LogP contribution in [0.15, 0.2) is 60.7 Å². The fraction of sp³-hybridized carbons (Fsp3) is 0.586. The lowest BCUT2D eigenvalue weighted by atomic mass is 10.1. The van der Waals surface area contributed by atoms with Crippen molar-refractivity contribution in [2.75, 3.05) is 18.1 Å². The van der Waals surface area contributed by atoms with Crippen molar-refractivity contribution >= 4 is 31.8 Å². The first-order chi connectivity index (χ1) is 17.1. The maximum Gasteiger partial charge on any atom is 0.192 e. The Hall–Kier alpha value is -0.803. The largest absolute Gasteiger partial charge is 0.414 e. The number of rotatable bonds is 16. The minimum atomic E-state index is -2.03. The van der Waals surface area contributed by atoms with Crippen molar-refractivity contribution in [2.24, 2.45) is 0 Å². The predicted octanol–water partition coefficient (Wildman–Crippen LogP) is 7.37. The molecule has 0 saturated heterocycles. The molecule has 3 atom stereocenters. The SMILES string of the molecule is CCSC(SCC)[C@H](OCc1ccccc1)[C@@H](OCc1ccccc1)[C@H](O)CO[Si](C)(C)C(C)(C)C. The fourth-order valence-corrected chi connectivity index (χ4v) is 7.18. The van der Waals surface area contributed by atoms with Crippen LogP contribution in [-0.2, 0) is 27.1 Å². The van der Waals surface area contributed by atoms with Crippen molar-refractivity contribution in [1.29, 1.82) is 0 Å². The summed E-state index contributed by atoms with van der Waals surface area (Å²) < 4.78 is 19.7. The van der Waals surface area contributed by atoms with Gasteiger partial charge in [0.25, 0.3) is 0 Å². The highest BCUT2D eigenvalue weighted by Gasteiger charge is 2.41. The van der Waals surface area contributed by atoms with E-state index in [1.165, 1.54) is 0 Å². The van der Waals surface area contributed by atoms with E-state index in [0.717, 1.165) is 22.6 Å². The number of aliphatic hydroxyl groups is 1. The summed E-state index contributed by atoms with van der Waals surface area (Å²) >= 11 is 3.71. The lowest BCUT2D eigenvalue weighted by molar-refractivity contribution is -0.134. The highest BCUT2D eigenvalue weighted by atomic mass is 32.2. The Labute approximate surface area is 229 Å². The summed E-state index contributed by atoms with van der Waals surface area (Å²) in [6, 6.07) is 20.3. The second kappa shape index (κ2) is 15.6. The Bertz CT molecular complexity index is 839. The standard InChI is InChI=1S/C29H46O4S2Si/c1-8-34-28(35-9-2)27(32-21-24-18-14-11-15-19-24)26(31-20-23-16-12-10-13-17-23)25(30)22-33-36(6,7)29(3,4)5/h10-19,25-28,30H,8-9,20-22H2,1-7H3/t25-,26+,27-/m1/s1. The summed E-state index contributed by atoms with van der Waals surface area (Å²) in [4.78, 5) is 0. The van der Waals surface area contributed by atoms with Crippen LogP contribution in [0.2, 0.25) is 18.1 Å². The van der Waals surface area contributed by atoms with Gasteiger partial charge in [-0.15, -0.1) is 23.5 Å². The molecule has 0 spiro atoms. The third-order valence-electron chi connectivity index (χ3n) is 6.62. The lowest BCUT2D eigenvalue weighted by Gasteiger charge is -2.39. The number of benzene rings is 2. The van der Waals surface area contributed by atoms with E-state index < -0.39 is 20.5 Å². The molecule has 4 nitrogen and oxygen atoms in total. The number of thioether (sulfide) groups is 2. The molecule has 0 amide bonds. The van der Waals surface area contributed by atoms with E-state index in [0.29, 0.717) is 13.2 Å². The maximum absolute atomic E-state index is 11.5. The fourth-order valence-electron chi connectivity index (χ4n) is 3.46. The first-order valence-corrected chi connectivity index (χ1v) is 18.0. The Kier molecular flexibility index (Phi) is 13.6. The third-order valence-corrected chi connectivity index (χ3v) is 13.8. The van der Waals surface area contributed by atoms with Gasteiger partial charge in [-0.25, -0.2) is 0 Å². The van der Waals surface area contributed by atoms with E-state index in [1.54, 1.807) is 0 Å². The van der Waals surface area contributed by atoms with Crippen LogP contribution >= 0.6 is 23.5 Å². The normalized spacial score (nSPS) is 15.1. The molecule has 0 saturated carbocycles. The van der Waals surface area contributed by atoms with Crippen LogP contribution in [0.5, 0.6) is 0 Å². The van der Waals surface area contributed by atoms with E-state index in [1.807, 2.05) is 59.9 Å². The summed E-state index contributed by atoms with van der Waals surface area (Å²) in [5, 5.41) is 11.6. The predicted molar refractivity (Wildman–Crippen MR) is 159 cm³/mol. The van der Waals surface area contributed by atoms with E-state index in [4.69, 9.17) is 13.9 Å².